The Morgan fingerprint density at radius 1 is 0.938 bits per heavy atom. The molecule has 10 heteroatoms. The lowest BCUT2D eigenvalue weighted by Gasteiger charge is -2.27. The van der Waals surface area contributed by atoms with Gasteiger partial charge in [-0.15, -0.1) is 0 Å². The molecular formula is C22H18Cl2N4O4. The van der Waals surface area contributed by atoms with Gasteiger partial charge in [-0.1, -0.05) is 35.3 Å². The number of hydrazone groups is 2. The zero-order chi connectivity index (χ0) is 23.0. The molecule has 2 N–H and O–H groups in total. The van der Waals surface area contributed by atoms with Crippen LogP contribution in [0.1, 0.15) is 35.7 Å². The van der Waals surface area contributed by atoms with Crippen LogP contribution >= 0.6 is 23.2 Å². The van der Waals surface area contributed by atoms with Gasteiger partial charge in [-0.05, 0) is 49.7 Å². The second-order valence-corrected chi connectivity index (χ2v) is 8.37. The van der Waals surface area contributed by atoms with Crippen LogP contribution in [0.15, 0.2) is 52.7 Å². The highest BCUT2D eigenvalue weighted by atomic mass is 35.5. The quantitative estimate of drug-likeness (QED) is 0.512. The maximum absolute atomic E-state index is 12.5. The van der Waals surface area contributed by atoms with Crippen LogP contribution in [0, 0.1) is 11.8 Å². The summed E-state index contributed by atoms with van der Waals surface area (Å²) < 4.78 is 5.42. The standard InChI is InChI=1S/C22H18Cl2N4O4/c1-10-17(20(29)27-25-10)19(18-11(2)26-28-21(18)30)12-3-6-14(7-4-12)32-22(31)15-8-5-13(23)9-16(15)24/h3-9,17-19H,1-2H3,(H,27,29)(H,28,30). The third-order valence-corrected chi connectivity index (χ3v) is 6.04. The number of nitrogens with zero attached hydrogens (tertiary/aromatic N) is 2. The molecule has 2 aliphatic heterocycles. The highest BCUT2D eigenvalue weighted by molar-refractivity contribution is 6.36. The van der Waals surface area contributed by atoms with Crippen molar-refractivity contribution in [3.63, 3.8) is 0 Å². The normalized spacial score (nSPS) is 20.9. The molecule has 2 aliphatic rings. The van der Waals surface area contributed by atoms with Crippen molar-refractivity contribution in [2.45, 2.75) is 19.8 Å². The van der Waals surface area contributed by atoms with Crippen molar-refractivity contribution in [3.05, 3.63) is 63.6 Å². The average molecular weight is 473 g/mol. The SMILES string of the molecule is CC1=NNC(=O)C1C(c1ccc(OC(=O)c2ccc(Cl)cc2Cl)cc1)C1C(=O)NN=C1C. The van der Waals surface area contributed by atoms with Crippen LogP contribution in [0.4, 0.5) is 0 Å². The van der Waals surface area contributed by atoms with E-state index in [1.165, 1.54) is 12.1 Å². The van der Waals surface area contributed by atoms with Crippen LogP contribution in [-0.4, -0.2) is 29.2 Å². The van der Waals surface area contributed by atoms with Crippen molar-refractivity contribution < 1.29 is 19.1 Å². The smallest absolute Gasteiger partial charge is 0.345 e. The molecule has 0 saturated heterocycles. The largest absolute Gasteiger partial charge is 0.423 e. The van der Waals surface area contributed by atoms with Gasteiger partial charge < -0.3 is 4.74 Å². The molecule has 2 atom stereocenters. The zero-order valence-electron chi connectivity index (χ0n) is 17.1. The van der Waals surface area contributed by atoms with E-state index in [0.717, 1.165) is 0 Å². The molecule has 2 heterocycles. The molecule has 2 aromatic carbocycles. The maximum Gasteiger partial charge on any atom is 0.345 e. The highest BCUT2D eigenvalue weighted by Crippen LogP contribution is 2.38. The fourth-order valence-electron chi connectivity index (χ4n) is 3.94. The molecule has 2 amide bonds. The Balaban J connectivity index is 1.62. The second kappa shape index (κ2) is 8.72. The predicted molar refractivity (Wildman–Crippen MR) is 120 cm³/mol. The molecule has 0 fully saturated rings. The summed E-state index contributed by atoms with van der Waals surface area (Å²) in [6.07, 6.45) is 0. The first-order valence-electron chi connectivity index (χ1n) is 9.71. The molecule has 2 aromatic rings. The van der Waals surface area contributed by atoms with Gasteiger partial charge in [0, 0.05) is 22.4 Å². The number of hydrogen-bond donors (Lipinski definition) is 2. The highest BCUT2D eigenvalue weighted by Gasteiger charge is 2.45. The molecule has 0 spiro atoms. The van der Waals surface area contributed by atoms with Gasteiger partial charge in [0.05, 0.1) is 22.4 Å². The number of halogens is 2. The van der Waals surface area contributed by atoms with Crippen LogP contribution in [0.5, 0.6) is 5.75 Å². The summed E-state index contributed by atoms with van der Waals surface area (Å²) in [4.78, 5) is 37.5. The molecule has 4 rings (SSSR count). The van der Waals surface area contributed by atoms with E-state index in [4.69, 9.17) is 27.9 Å². The predicted octanol–water partition coefficient (Wildman–Crippen LogP) is 3.54. The van der Waals surface area contributed by atoms with Crippen molar-refractivity contribution in [2.75, 3.05) is 0 Å². The lowest BCUT2D eigenvalue weighted by molar-refractivity contribution is -0.125. The zero-order valence-corrected chi connectivity index (χ0v) is 18.6. The molecular weight excluding hydrogens is 455 g/mol. The minimum atomic E-state index is -0.632. The number of rotatable bonds is 5. The third kappa shape index (κ3) is 4.11. The van der Waals surface area contributed by atoms with Crippen molar-refractivity contribution in [2.24, 2.45) is 22.0 Å². The van der Waals surface area contributed by atoms with Gasteiger partial charge in [-0.2, -0.15) is 10.2 Å². The first-order valence-corrected chi connectivity index (χ1v) is 10.5. The van der Waals surface area contributed by atoms with E-state index >= 15 is 0 Å². The Morgan fingerprint density at radius 3 is 1.97 bits per heavy atom. The van der Waals surface area contributed by atoms with Crippen molar-refractivity contribution in [3.8, 4) is 5.75 Å². The lowest BCUT2D eigenvalue weighted by Crippen LogP contribution is -2.38. The molecule has 0 radical (unpaired) electrons. The Morgan fingerprint density at radius 2 is 1.50 bits per heavy atom. The van der Waals surface area contributed by atoms with E-state index in [2.05, 4.69) is 21.1 Å². The lowest BCUT2D eigenvalue weighted by atomic mass is 9.73. The van der Waals surface area contributed by atoms with Gasteiger partial charge >= 0.3 is 5.97 Å². The topological polar surface area (TPSA) is 109 Å². The fraction of sp³-hybridized carbons (Fsp3) is 0.227. The third-order valence-electron chi connectivity index (χ3n) is 5.49. The van der Waals surface area contributed by atoms with E-state index in [1.54, 1.807) is 44.2 Å². The van der Waals surface area contributed by atoms with E-state index in [-0.39, 0.29) is 28.1 Å². The first kappa shape index (κ1) is 22.0. The molecule has 0 aromatic heterocycles. The Hall–Kier alpha value is -3.23. The monoisotopic (exact) mass is 472 g/mol. The van der Waals surface area contributed by atoms with Gasteiger partial charge in [0.25, 0.3) is 0 Å². The molecule has 2 unspecified atom stereocenters. The minimum absolute atomic E-state index is 0.182. The molecule has 0 saturated carbocycles. The summed E-state index contributed by atoms with van der Waals surface area (Å²) in [7, 11) is 0. The second-order valence-electron chi connectivity index (χ2n) is 7.52. The number of carbonyl (C=O) groups is 3. The summed E-state index contributed by atoms with van der Waals surface area (Å²) in [6.45, 7) is 3.47. The molecule has 32 heavy (non-hydrogen) atoms. The Labute approximate surface area is 193 Å². The van der Waals surface area contributed by atoms with Gasteiger partial charge in [0.2, 0.25) is 11.8 Å². The van der Waals surface area contributed by atoms with E-state index < -0.39 is 23.7 Å². The number of carbonyl (C=O) groups excluding carboxylic acids is 3. The summed E-state index contributed by atoms with van der Waals surface area (Å²) in [5.41, 5.74) is 7.01. The Kier molecular flexibility index (Phi) is 5.99. The van der Waals surface area contributed by atoms with Gasteiger partial charge in [-0.25, -0.2) is 15.6 Å². The maximum atomic E-state index is 12.5. The van der Waals surface area contributed by atoms with Gasteiger partial charge in [0.15, 0.2) is 0 Å². The van der Waals surface area contributed by atoms with Gasteiger partial charge in [0.1, 0.15) is 5.75 Å². The molecule has 0 aliphatic carbocycles. The van der Waals surface area contributed by atoms with Crippen molar-refractivity contribution >= 4 is 52.4 Å². The molecule has 164 valence electrons. The number of hydrogen-bond acceptors (Lipinski definition) is 6. The average Bonchev–Trinajstić information content (AvgIpc) is 3.25. The Bertz CT molecular complexity index is 1140. The summed E-state index contributed by atoms with van der Waals surface area (Å²) >= 11 is 11.9. The number of amides is 2. The number of nitrogens with one attached hydrogen (secondary N) is 2. The van der Waals surface area contributed by atoms with Crippen molar-refractivity contribution in [1.29, 1.82) is 0 Å². The first-order chi connectivity index (χ1) is 15.3. The number of benzene rings is 2. The van der Waals surface area contributed by atoms with Gasteiger partial charge in [-0.3, -0.25) is 9.59 Å². The number of esters is 1. The van der Waals surface area contributed by atoms with E-state index in [9.17, 15) is 14.4 Å². The van der Waals surface area contributed by atoms with E-state index in [0.29, 0.717) is 22.0 Å². The molecule has 0 bridgehead atoms. The fourth-order valence-corrected chi connectivity index (χ4v) is 4.43. The summed E-state index contributed by atoms with van der Waals surface area (Å²) in [6, 6.07) is 11.1. The van der Waals surface area contributed by atoms with Crippen LogP contribution in [0.2, 0.25) is 10.0 Å². The summed E-state index contributed by atoms with van der Waals surface area (Å²) in [5.74, 6) is -2.70. The van der Waals surface area contributed by atoms with E-state index in [1.807, 2.05) is 0 Å². The summed E-state index contributed by atoms with van der Waals surface area (Å²) in [5, 5.41) is 8.64. The van der Waals surface area contributed by atoms with Crippen LogP contribution < -0.4 is 15.6 Å². The minimum Gasteiger partial charge on any atom is -0.423 e. The van der Waals surface area contributed by atoms with Crippen molar-refractivity contribution in [1.82, 2.24) is 10.9 Å². The van der Waals surface area contributed by atoms with Crippen LogP contribution in [0.3, 0.4) is 0 Å². The molecule has 8 nitrogen and oxygen atoms in total. The van der Waals surface area contributed by atoms with Crippen LogP contribution in [-0.2, 0) is 9.59 Å². The number of ether oxygens (including phenoxy) is 1. The van der Waals surface area contributed by atoms with Crippen LogP contribution in [0.25, 0.3) is 0 Å².